The van der Waals surface area contributed by atoms with E-state index in [0.717, 1.165) is 35.3 Å². The summed E-state index contributed by atoms with van der Waals surface area (Å²) in [5.74, 6) is 0.494. The normalized spacial score (nSPS) is 11.5. The molecule has 0 aliphatic heterocycles. The minimum absolute atomic E-state index is 0. The average Bonchev–Trinajstić information content (AvgIpc) is 3.30. The first-order valence-corrected chi connectivity index (χ1v) is 11.4. The van der Waals surface area contributed by atoms with Crippen molar-refractivity contribution in [2.75, 3.05) is 18.4 Å². The van der Waals surface area contributed by atoms with Crippen LogP contribution in [0.5, 0.6) is 0 Å². The molecular formula is C27H30ClN5O2. The predicted octanol–water partition coefficient (Wildman–Crippen LogP) is 3.80. The van der Waals surface area contributed by atoms with Crippen molar-refractivity contribution >= 4 is 24.0 Å². The maximum absolute atomic E-state index is 12.5. The number of nitrogens with zero attached hydrogens (tertiary/aromatic N) is 3. The largest absolute Gasteiger partial charge is 0.387 e. The van der Waals surface area contributed by atoms with Gasteiger partial charge < -0.3 is 15.7 Å². The van der Waals surface area contributed by atoms with E-state index in [2.05, 4.69) is 20.7 Å². The van der Waals surface area contributed by atoms with Crippen molar-refractivity contribution in [1.29, 1.82) is 0 Å². The number of aromatic nitrogens is 3. The second kappa shape index (κ2) is 13.4. The van der Waals surface area contributed by atoms with Gasteiger partial charge in [0.15, 0.2) is 0 Å². The topological polar surface area (TPSA) is 92.1 Å². The number of aliphatic hydroxyl groups excluding tert-OH is 1. The molecule has 182 valence electrons. The fourth-order valence-electron chi connectivity index (χ4n) is 3.68. The maximum atomic E-state index is 12.5. The van der Waals surface area contributed by atoms with Gasteiger partial charge in [0.25, 0.3) is 0 Å². The summed E-state index contributed by atoms with van der Waals surface area (Å²) in [6.45, 7) is 1.84. The number of hydrogen-bond donors (Lipinski definition) is 3. The van der Waals surface area contributed by atoms with Crippen molar-refractivity contribution in [3.8, 4) is 0 Å². The smallest absolute Gasteiger partial charge is 0.232 e. The molecular weight excluding hydrogens is 462 g/mol. The number of aliphatic hydroxyl groups is 1. The van der Waals surface area contributed by atoms with Gasteiger partial charge in [-0.2, -0.15) is 5.10 Å². The minimum Gasteiger partial charge on any atom is -0.387 e. The summed E-state index contributed by atoms with van der Waals surface area (Å²) in [6.07, 6.45) is 1.95. The first-order valence-electron chi connectivity index (χ1n) is 11.4. The highest BCUT2D eigenvalue weighted by Crippen LogP contribution is 2.12. The Balaban J connectivity index is 0.00000342. The van der Waals surface area contributed by atoms with Gasteiger partial charge in [0, 0.05) is 12.2 Å². The lowest BCUT2D eigenvalue weighted by atomic mass is 10.1. The van der Waals surface area contributed by atoms with Gasteiger partial charge in [0.2, 0.25) is 5.91 Å². The van der Waals surface area contributed by atoms with Crippen molar-refractivity contribution in [1.82, 2.24) is 20.1 Å². The molecule has 1 amide bonds. The predicted molar refractivity (Wildman–Crippen MR) is 140 cm³/mol. The van der Waals surface area contributed by atoms with Gasteiger partial charge in [-0.1, -0.05) is 72.8 Å². The van der Waals surface area contributed by atoms with Crippen LogP contribution in [0.2, 0.25) is 0 Å². The van der Waals surface area contributed by atoms with E-state index < -0.39 is 6.10 Å². The Labute approximate surface area is 211 Å². The van der Waals surface area contributed by atoms with Gasteiger partial charge >= 0.3 is 0 Å². The van der Waals surface area contributed by atoms with Crippen molar-refractivity contribution in [2.24, 2.45) is 0 Å². The third kappa shape index (κ3) is 8.03. The molecule has 0 aliphatic rings. The second-order valence-electron chi connectivity index (χ2n) is 8.12. The summed E-state index contributed by atoms with van der Waals surface area (Å²) in [7, 11) is 0. The summed E-state index contributed by atoms with van der Waals surface area (Å²) in [6, 6.07) is 27.4. The number of rotatable bonds is 11. The van der Waals surface area contributed by atoms with Crippen LogP contribution in [0.1, 0.15) is 28.6 Å². The van der Waals surface area contributed by atoms with Crippen LogP contribution in [0.4, 0.5) is 5.69 Å². The number of carbonyl (C=O) groups excluding carboxylic acids is 1. The highest BCUT2D eigenvalue weighted by atomic mass is 35.5. The number of amides is 1. The molecule has 1 heterocycles. The third-order valence-corrected chi connectivity index (χ3v) is 5.54. The molecule has 0 fully saturated rings. The van der Waals surface area contributed by atoms with Crippen LogP contribution in [0, 0.1) is 0 Å². The lowest BCUT2D eigenvalue weighted by Crippen LogP contribution is -2.23. The van der Waals surface area contributed by atoms with Crippen LogP contribution in [-0.4, -0.2) is 38.9 Å². The number of hydrogen-bond acceptors (Lipinski definition) is 5. The molecule has 1 atom stereocenters. The molecule has 0 spiro atoms. The Hall–Kier alpha value is -3.52. The van der Waals surface area contributed by atoms with Crippen molar-refractivity contribution in [3.63, 3.8) is 0 Å². The van der Waals surface area contributed by atoms with E-state index in [4.69, 9.17) is 0 Å². The second-order valence-corrected chi connectivity index (χ2v) is 8.12. The van der Waals surface area contributed by atoms with E-state index in [1.165, 1.54) is 6.33 Å². The molecule has 0 aliphatic carbocycles. The molecule has 0 radical (unpaired) electrons. The number of anilines is 1. The molecule has 4 aromatic rings. The number of nitrogens with one attached hydrogen (secondary N) is 2. The Morgan fingerprint density at radius 1 is 0.914 bits per heavy atom. The monoisotopic (exact) mass is 491 g/mol. The van der Waals surface area contributed by atoms with Gasteiger partial charge in [0.05, 0.1) is 19.1 Å². The summed E-state index contributed by atoms with van der Waals surface area (Å²) in [5, 5.41) is 20.7. The fourth-order valence-corrected chi connectivity index (χ4v) is 3.68. The average molecular weight is 492 g/mol. The first-order chi connectivity index (χ1) is 16.7. The van der Waals surface area contributed by atoms with Crippen molar-refractivity contribution in [2.45, 2.75) is 25.5 Å². The van der Waals surface area contributed by atoms with Gasteiger partial charge in [-0.05, 0) is 41.8 Å². The molecule has 35 heavy (non-hydrogen) atoms. The van der Waals surface area contributed by atoms with Crippen LogP contribution in [-0.2, 0) is 24.2 Å². The van der Waals surface area contributed by atoms with E-state index in [9.17, 15) is 9.90 Å². The quantitative estimate of drug-likeness (QED) is 0.278. The van der Waals surface area contributed by atoms with E-state index in [-0.39, 0.29) is 24.7 Å². The Morgan fingerprint density at radius 3 is 2.31 bits per heavy atom. The summed E-state index contributed by atoms with van der Waals surface area (Å²) in [4.78, 5) is 16.8. The van der Waals surface area contributed by atoms with E-state index >= 15 is 0 Å². The molecule has 0 bridgehead atoms. The van der Waals surface area contributed by atoms with E-state index in [1.54, 1.807) is 4.68 Å². The molecule has 0 saturated heterocycles. The molecule has 4 rings (SSSR count). The van der Waals surface area contributed by atoms with Crippen LogP contribution >= 0.6 is 12.4 Å². The summed E-state index contributed by atoms with van der Waals surface area (Å²) < 4.78 is 1.75. The molecule has 0 unspecified atom stereocenters. The minimum atomic E-state index is -0.516. The standard InChI is InChI=1S/C27H29N5O2.ClH/c33-25(23-9-5-2-6-10-23)18-28-16-15-21-11-13-24(14-12-21)31-27(34)17-26-29-20-30-32(26)19-22-7-3-1-4-8-22;/h1-14,20,25,28,33H,15-19H2,(H,31,34);1H/t25-;/m0./s1. The third-order valence-electron chi connectivity index (χ3n) is 5.54. The molecule has 0 saturated carbocycles. The first kappa shape index (κ1) is 26.1. The van der Waals surface area contributed by atoms with Crippen molar-refractivity contribution < 1.29 is 9.90 Å². The van der Waals surface area contributed by atoms with Crippen LogP contribution in [0.3, 0.4) is 0 Å². The van der Waals surface area contributed by atoms with Crippen LogP contribution in [0.15, 0.2) is 91.3 Å². The SMILES string of the molecule is Cl.O=C(Cc1ncnn1Cc1ccccc1)Nc1ccc(CCNC[C@H](O)c2ccccc2)cc1. The molecule has 1 aromatic heterocycles. The molecule has 3 aromatic carbocycles. The lowest BCUT2D eigenvalue weighted by molar-refractivity contribution is -0.115. The highest BCUT2D eigenvalue weighted by Gasteiger charge is 2.11. The zero-order chi connectivity index (χ0) is 23.6. The Kier molecular flexibility index (Phi) is 9.98. The zero-order valence-corrected chi connectivity index (χ0v) is 20.2. The molecule has 3 N–H and O–H groups in total. The number of halogens is 1. The van der Waals surface area contributed by atoms with Crippen molar-refractivity contribution in [3.05, 3.63) is 114 Å². The Morgan fingerprint density at radius 2 is 1.60 bits per heavy atom. The van der Waals surface area contributed by atoms with Gasteiger partial charge in [-0.3, -0.25) is 4.79 Å². The van der Waals surface area contributed by atoms with E-state index in [0.29, 0.717) is 18.9 Å². The van der Waals surface area contributed by atoms with Crippen LogP contribution in [0.25, 0.3) is 0 Å². The van der Waals surface area contributed by atoms with Crippen LogP contribution < -0.4 is 10.6 Å². The number of benzene rings is 3. The summed E-state index contributed by atoms with van der Waals surface area (Å²) >= 11 is 0. The van der Waals surface area contributed by atoms with Gasteiger partial charge in [-0.25, -0.2) is 9.67 Å². The summed E-state index contributed by atoms with van der Waals surface area (Å²) in [5.41, 5.74) is 3.92. The number of carbonyl (C=O) groups is 1. The lowest BCUT2D eigenvalue weighted by Gasteiger charge is -2.12. The van der Waals surface area contributed by atoms with Gasteiger partial charge in [0.1, 0.15) is 12.2 Å². The Bertz CT molecular complexity index is 1170. The van der Waals surface area contributed by atoms with Gasteiger partial charge in [-0.15, -0.1) is 12.4 Å². The zero-order valence-electron chi connectivity index (χ0n) is 19.4. The molecule has 7 nitrogen and oxygen atoms in total. The maximum Gasteiger partial charge on any atom is 0.232 e. The van der Waals surface area contributed by atoms with E-state index in [1.807, 2.05) is 84.9 Å². The highest BCUT2D eigenvalue weighted by molar-refractivity contribution is 5.91. The fraction of sp³-hybridized carbons (Fsp3) is 0.222. The molecule has 8 heteroatoms.